The number of aromatic nitrogens is 1. The van der Waals surface area contributed by atoms with Crippen molar-refractivity contribution in [2.45, 2.75) is 63.1 Å². The largest absolute Gasteiger partial charge is 0.363 e. The first-order valence-corrected chi connectivity index (χ1v) is 9.35. The van der Waals surface area contributed by atoms with Crippen LogP contribution in [0.3, 0.4) is 0 Å². The fourth-order valence-corrected chi connectivity index (χ4v) is 4.77. The van der Waals surface area contributed by atoms with Crippen LogP contribution in [-0.2, 0) is 16.6 Å². The fourth-order valence-electron chi connectivity index (χ4n) is 2.98. The van der Waals surface area contributed by atoms with E-state index in [0.29, 0.717) is 29.9 Å². The number of nitrogens with zero attached hydrogens (tertiary/aromatic N) is 1. The number of H-pyrrole nitrogens is 1. The van der Waals surface area contributed by atoms with Crippen LogP contribution >= 0.6 is 0 Å². The maximum Gasteiger partial charge on any atom is 0.244 e. The molecule has 21 heavy (non-hydrogen) atoms. The Hall–Kier alpha value is -0.850. The van der Waals surface area contributed by atoms with Gasteiger partial charge in [0.15, 0.2) is 0 Å². The molecule has 1 aliphatic heterocycles. The Labute approximate surface area is 127 Å². The Kier molecular flexibility index (Phi) is 4.12. The number of sulfonamides is 1. The molecule has 1 aliphatic carbocycles. The van der Waals surface area contributed by atoms with Crippen LogP contribution in [0.2, 0.25) is 0 Å². The lowest BCUT2D eigenvalue weighted by Gasteiger charge is -2.36. The minimum absolute atomic E-state index is 0.0756. The molecule has 6 heteroatoms. The van der Waals surface area contributed by atoms with Gasteiger partial charge in [-0.1, -0.05) is 6.92 Å². The Morgan fingerprint density at radius 3 is 2.81 bits per heavy atom. The highest BCUT2D eigenvalue weighted by molar-refractivity contribution is 7.89. The summed E-state index contributed by atoms with van der Waals surface area (Å²) >= 11 is 0. The van der Waals surface area contributed by atoms with Crippen molar-refractivity contribution in [3.63, 3.8) is 0 Å². The molecule has 0 aromatic carbocycles. The van der Waals surface area contributed by atoms with E-state index >= 15 is 0 Å². The molecule has 2 fully saturated rings. The molecule has 2 aliphatic rings. The minimum Gasteiger partial charge on any atom is -0.363 e. The van der Waals surface area contributed by atoms with Gasteiger partial charge in [0.2, 0.25) is 10.0 Å². The Morgan fingerprint density at radius 1 is 1.33 bits per heavy atom. The van der Waals surface area contributed by atoms with Crippen molar-refractivity contribution in [3.8, 4) is 0 Å². The first-order valence-electron chi connectivity index (χ1n) is 7.91. The third kappa shape index (κ3) is 3.17. The van der Waals surface area contributed by atoms with Crippen molar-refractivity contribution >= 4 is 10.0 Å². The predicted molar refractivity (Wildman–Crippen MR) is 82.4 cm³/mol. The summed E-state index contributed by atoms with van der Waals surface area (Å²) in [5.74, 6) is 0.420. The van der Waals surface area contributed by atoms with Crippen LogP contribution in [-0.4, -0.2) is 36.3 Å². The van der Waals surface area contributed by atoms with Gasteiger partial charge in [0.25, 0.3) is 0 Å². The summed E-state index contributed by atoms with van der Waals surface area (Å²) in [5, 5.41) is 3.39. The molecule has 0 radical (unpaired) electrons. The van der Waals surface area contributed by atoms with Crippen LogP contribution < -0.4 is 5.32 Å². The highest BCUT2D eigenvalue weighted by Crippen LogP contribution is 2.29. The summed E-state index contributed by atoms with van der Waals surface area (Å²) in [4.78, 5) is 3.49. The molecule has 2 N–H and O–H groups in total. The zero-order chi connectivity index (χ0) is 15.0. The van der Waals surface area contributed by atoms with Gasteiger partial charge in [0, 0.05) is 37.1 Å². The molecule has 0 spiro atoms. The molecule has 2 atom stereocenters. The molecule has 118 valence electrons. The van der Waals surface area contributed by atoms with Crippen molar-refractivity contribution < 1.29 is 8.42 Å². The smallest absolute Gasteiger partial charge is 0.244 e. The van der Waals surface area contributed by atoms with Crippen molar-refractivity contribution in [3.05, 3.63) is 18.0 Å². The first kappa shape index (κ1) is 15.1. The number of hydrogen-bond acceptors (Lipinski definition) is 3. The second kappa shape index (κ2) is 5.74. The SMILES string of the molecule is CC1CCCN(S(=O)(=O)c2c[nH]c(CNC3CC3)c2)C1C. The molecule has 1 saturated heterocycles. The lowest BCUT2D eigenvalue weighted by molar-refractivity contribution is 0.202. The van der Waals surface area contributed by atoms with Crippen molar-refractivity contribution in [1.29, 1.82) is 0 Å². The number of hydrogen-bond donors (Lipinski definition) is 2. The van der Waals surface area contributed by atoms with E-state index in [-0.39, 0.29) is 6.04 Å². The van der Waals surface area contributed by atoms with Gasteiger partial charge < -0.3 is 10.3 Å². The topological polar surface area (TPSA) is 65.2 Å². The van der Waals surface area contributed by atoms with Crippen LogP contribution in [0.15, 0.2) is 17.2 Å². The Bertz CT molecular complexity index is 592. The van der Waals surface area contributed by atoms with Crippen LogP contribution in [0.4, 0.5) is 0 Å². The lowest BCUT2D eigenvalue weighted by atomic mass is 9.94. The van der Waals surface area contributed by atoms with Crippen molar-refractivity contribution in [2.24, 2.45) is 5.92 Å². The summed E-state index contributed by atoms with van der Waals surface area (Å²) in [7, 11) is -3.37. The number of nitrogens with one attached hydrogen (secondary N) is 2. The van der Waals surface area contributed by atoms with Crippen LogP contribution in [0, 0.1) is 5.92 Å². The second-order valence-corrected chi connectivity index (χ2v) is 8.38. The fraction of sp³-hybridized carbons (Fsp3) is 0.733. The molecule has 1 aromatic heterocycles. The Morgan fingerprint density at radius 2 is 2.10 bits per heavy atom. The number of rotatable bonds is 5. The van der Waals surface area contributed by atoms with E-state index in [0.717, 1.165) is 18.5 Å². The molecule has 2 heterocycles. The maximum absolute atomic E-state index is 12.8. The van der Waals surface area contributed by atoms with E-state index < -0.39 is 10.0 Å². The molecular formula is C15H25N3O2S. The molecule has 0 bridgehead atoms. The number of aromatic amines is 1. The van der Waals surface area contributed by atoms with E-state index in [1.54, 1.807) is 16.6 Å². The normalized spacial score (nSPS) is 27.9. The van der Waals surface area contributed by atoms with E-state index in [4.69, 9.17) is 0 Å². The van der Waals surface area contributed by atoms with E-state index in [9.17, 15) is 8.42 Å². The standard InChI is InChI=1S/C15H25N3O2S/c1-11-4-3-7-18(12(11)2)21(19,20)15-8-14(17-10-15)9-16-13-5-6-13/h8,10-13,16-17H,3-7,9H2,1-2H3. The van der Waals surface area contributed by atoms with Crippen LogP contribution in [0.1, 0.15) is 45.2 Å². The van der Waals surface area contributed by atoms with E-state index in [1.807, 2.05) is 6.92 Å². The van der Waals surface area contributed by atoms with E-state index in [2.05, 4.69) is 17.2 Å². The average molecular weight is 311 g/mol. The van der Waals surface area contributed by atoms with Gasteiger partial charge in [-0.15, -0.1) is 0 Å². The average Bonchev–Trinajstić information content (AvgIpc) is 3.15. The summed E-state index contributed by atoms with van der Waals surface area (Å²) < 4.78 is 27.3. The molecule has 5 nitrogen and oxygen atoms in total. The molecule has 0 amide bonds. The van der Waals surface area contributed by atoms with Gasteiger partial charge in [-0.3, -0.25) is 0 Å². The third-order valence-corrected chi connectivity index (χ3v) is 6.76. The molecule has 2 unspecified atom stereocenters. The second-order valence-electron chi connectivity index (χ2n) is 6.49. The summed E-state index contributed by atoms with van der Waals surface area (Å²) in [6, 6.07) is 2.47. The summed E-state index contributed by atoms with van der Waals surface area (Å²) in [6.45, 7) is 5.50. The molecular weight excluding hydrogens is 286 g/mol. The summed E-state index contributed by atoms with van der Waals surface area (Å²) in [5.41, 5.74) is 0.943. The zero-order valence-corrected chi connectivity index (χ0v) is 13.6. The van der Waals surface area contributed by atoms with E-state index in [1.165, 1.54) is 12.8 Å². The van der Waals surface area contributed by atoms with Gasteiger partial charge in [0.05, 0.1) is 4.90 Å². The van der Waals surface area contributed by atoms with Gasteiger partial charge in [-0.2, -0.15) is 4.31 Å². The summed E-state index contributed by atoms with van der Waals surface area (Å²) in [6.07, 6.45) is 6.15. The third-order valence-electron chi connectivity index (χ3n) is 4.80. The maximum atomic E-state index is 12.8. The number of piperidine rings is 1. The van der Waals surface area contributed by atoms with Gasteiger partial charge in [0.1, 0.15) is 0 Å². The quantitative estimate of drug-likeness (QED) is 0.875. The van der Waals surface area contributed by atoms with Crippen LogP contribution in [0.5, 0.6) is 0 Å². The molecule has 1 aromatic rings. The highest BCUT2D eigenvalue weighted by Gasteiger charge is 2.35. The highest BCUT2D eigenvalue weighted by atomic mass is 32.2. The monoisotopic (exact) mass is 311 g/mol. The van der Waals surface area contributed by atoms with Crippen molar-refractivity contribution in [2.75, 3.05) is 6.54 Å². The van der Waals surface area contributed by atoms with Crippen LogP contribution in [0.25, 0.3) is 0 Å². The zero-order valence-electron chi connectivity index (χ0n) is 12.8. The first-order chi connectivity index (χ1) is 9.98. The van der Waals surface area contributed by atoms with Gasteiger partial charge in [-0.05, 0) is 44.6 Å². The predicted octanol–water partition coefficient (Wildman–Crippen LogP) is 2.08. The molecule has 1 saturated carbocycles. The lowest BCUT2D eigenvalue weighted by Crippen LogP contribution is -2.45. The minimum atomic E-state index is -3.37. The Balaban J connectivity index is 1.74. The van der Waals surface area contributed by atoms with Crippen molar-refractivity contribution in [1.82, 2.24) is 14.6 Å². The van der Waals surface area contributed by atoms with Gasteiger partial charge in [-0.25, -0.2) is 8.42 Å². The van der Waals surface area contributed by atoms with Gasteiger partial charge >= 0.3 is 0 Å². The molecule has 3 rings (SSSR count).